The number of hydrogen-bond acceptors (Lipinski definition) is 4. The van der Waals surface area contributed by atoms with Crippen LogP contribution in [0.5, 0.6) is 0 Å². The summed E-state index contributed by atoms with van der Waals surface area (Å²) in [7, 11) is 0. The van der Waals surface area contributed by atoms with Crippen molar-refractivity contribution in [1.29, 1.82) is 5.26 Å². The summed E-state index contributed by atoms with van der Waals surface area (Å²) in [5, 5.41) is 21.0. The quantitative estimate of drug-likeness (QED) is 0.798. The van der Waals surface area contributed by atoms with Gasteiger partial charge < -0.3 is 15.3 Å². The third-order valence-corrected chi connectivity index (χ3v) is 2.75. The van der Waals surface area contributed by atoms with Crippen LogP contribution in [0.4, 0.5) is 11.4 Å². The Bertz CT molecular complexity index is 411. The van der Waals surface area contributed by atoms with Gasteiger partial charge in [-0.3, -0.25) is 0 Å². The van der Waals surface area contributed by atoms with Crippen molar-refractivity contribution in [1.82, 2.24) is 0 Å². The van der Waals surface area contributed by atoms with E-state index in [-0.39, 0.29) is 6.61 Å². The van der Waals surface area contributed by atoms with E-state index in [0.29, 0.717) is 5.56 Å². The van der Waals surface area contributed by atoms with Gasteiger partial charge in [-0.25, -0.2) is 0 Å². The van der Waals surface area contributed by atoms with E-state index in [1.54, 1.807) is 0 Å². The van der Waals surface area contributed by atoms with Gasteiger partial charge in [0.1, 0.15) is 0 Å². The summed E-state index contributed by atoms with van der Waals surface area (Å²) in [4.78, 5) is 2.24. The maximum atomic E-state index is 8.84. The maximum Gasteiger partial charge on any atom is 0.0992 e. The van der Waals surface area contributed by atoms with E-state index in [9.17, 15) is 0 Å². The van der Waals surface area contributed by atoms with Gasteiger partial charge in [0, 0.05) is 26.2 Å². The summed E-state index contributed by atoms with van der Waals surface area (Å²) in [5.74, 6) is 0. The monoisotopic (exact) mass is 217 g/mol. The number of nitriles is 1. The molecule has 2 rings (SSSR count). The number of nitrogens with one attached hydrogen (secondary N) is 1. The van der Waals surface area contributed by atoms with Crippen molar-refractivity contribution in [3.63, 3.8) is 0 Å². The number of benzene rings is 1. The highest BCUT2D eigenvalue weighted by atomic mass is 16.3. The van der Waals surface area contributed by atoms with Crippen LogP contribution in [0, 0.1) is 11.3 Å². The summed E-state index contributed by atoms with van der Waals surface area (Å²) in [6.45, 7) is 2.90. The van der Waals surface area contributed by atoms with Crippen LogP contribution in [-0.2, 0) is 0 Å². The molecule has 0 radical (unpaired) electrons. The molecule has 1 aliphatic rings. The van der Waals surface area contributed by atoms with E-state index in [1.165, 1.54) is 0 Å². The summed E-state index contributed by atoms with van der Waals surface area (Å²) in [6.07, 6.45) is 0.777. The minimum Gasteiger partial charge on any atom is -0.396 e. The average Bonchev–Trinajstić information content (AvgIpc) is 2.35. The minimum atomic E-state index is 0.218. The largest absolute Gasteiger partial charge is 0.396 e. The fourth-order valence-electron chi connectivity index (χ4n) is 1.96. The lowest BCUT2D eigenvalue weighted by atomic mass is 10.1. The van der Waals surface area contributed by atoms with Gasteiger partial charge in [-0.1, -0.05) is 0 Å². The molecular formula is C12H15N3O. The molecule has 0 bridgehead atoms. The Labute approximate surface area is 95.1 Å². The van der Waals surface area contributed by atoms with Crippen molar-refractivity contribution in [2.45, 2.75) is 6.42 Å². The molecule has 0 spiro atoms. The van der Waals surface area contributed by atoms with Crippen molar-refractivity contribution in [2.24, 2.45) is 0 Å². The molecule has 4 heteroatoms. The standard InChI is InChI=1S/C12H15N3O/c13-9-10-2-3-12-11(8-10)14-4-6-15(12)5-1-7-16/h2-3,8,14,16H,1,4-7H2. The van der Waals surface area contributed by atoms with Gasteiger partial charge in [-0.2, -0.15) is 5.26 Å². The molecule has 0 amide bonds. The second-order valence-electron chi connectivity index (χ2n) is 3.83. The minimum absolute atomic E-state index is 0.218. The molecule has 84 valence electrons. The van der Waals surface area contributed by atoms with Crippen LogP contribution in [0.15, 0.2) is 18.2 Å². The number of aliphatic hydroxyl groups is 1. The SMILES string of the molecule is N#Cc1ccc2c(c1)NCCN2CCCO. The predicted molar refractivity (Wildman–Crippen MR) is 63.6 cm³/mol. The molecule has 1 aliphatic heterocycles. The molecule has 0 aliphatic carbocycles. The van der Waals surface area contributed by atoms with E-state index >= 15 is 0 Å². The van der Waals surface area contributed by atoms with Gasteiger partial charge in [-0.15, -0.1) is 0 Å². The maximum absolute atomic E-state index is 8.84. The van der Waals surface area contributed by atoms with Crippen LogP contribution in [0.25, 0.3) is 0 Å². The molecule has 4 nitrogen and oxygen atoms in total. The van der Waals surface area contributed by atoms with Gasteiger partial charge in [0.2, 0.25) is 0 Å². The lowest BCUT2D eigenvalue weighted by molar-refractivity contribution is 0.289. The van der Waals surface area contributed by atoms with Gasteiger partial charge in [0.05, 0.1) is 23.0 Å². The normalized spacial score (nSPS) is 13.9. The number of anilines is 2. The Morgan fingerprint density at radius 1 is 1.50 bits per heavy atom. The Balaban J connectivity index is 2.22. The van der Waals surface area contributed by atoms with E-state index in [0.717, 1.165) is 37.4 Å². The van der Waals surface area contributed by atoms with Crippen molar-refractivity contribution in [3.8, 4) is 6.07 Å². The van der Waals surface area contributed by atoms with Crippen LogP contribution >= 0.6 is 0 Å². The second kappa shape index (κ2) is 4.86. The van der Waals surface area contributed by atoms with Crippen LogP contribution in [0.3, 0.4) is 0 Å². The van der Waals surface area contributed by atoms with Gasteiger partial charge in [0.25, 0.3) is 0 Å². The number of fused-ring (bicyclic) bond motifs is 1. The highest BCUT2D eigenvalue weighted by Gasteiger charge is 2.15. The van der Waals surface area contributed by atoms with Gasteiger partial charge in [-0.05, 0) is 24.6 Å². The molecule has 0 saturated carbocycles. The molecule has 2 N–H and O–H groups in total. The van der Waals surface area contributed by atoms with Crippen molar-refractivity contribution in [2.75, 3.05) is 36.5 Å². The molecular weight excluding hydrogens is 202 g/mol. The molecule has 0 saturated heterocycles. The summed E-state index contributed by atoms with van der Waals surface area (Å²) < 4.78 is 0. The lowest BCUT2D eigenvalue weighted by Gasteiger charge is -2.32. The number of nitrogens with zero attached hydrogens (tertiary/aromatic N) is 2. The fourth-order valence-corrected chi connectivity index (χ4v) is 1.96. The Hall–Kier alpha value is -1.73. The van der Waals surface area contributed by atoms with E-state index < -0.39 is 0 Å². The Morgan fingerprint density at radius 2 is 2.38 bits per heavy atom. The summed E-state index contributed by atoms with van der Waals surface area (Å²) in [6, 6.07) is 7.81. The lowest BCUT2D eigenvalue weighted by Crippen LogP contribution is -2.35. The zero-order chi connectivity index (χ0) is 11.4. The topological polar surface area (TPSA) is 59.3 Å². The molecule has 0 fully saturated rings. The van der Waals surface area contributed by atoms with Crippen molar-refractivity contribution in [3.05, 3.63) is 23.8 Å². The highest BCUT2D eigenvalue weighted by molar-refractivity contribution is 5.73. The zero-order valence-corrected chi connectivity index (χ0v) is 9.11. The van der Waals surface area contributed by atoms with E-state index in [4.69, 9.17) is 10.4 Å². The Kier molecular flexibility index (Phi) is 3.28. The highest BCUT2D eigenvalue weighted by Crippen LogP contribution is 2.29. The molecule has 0 aromatic heterocycles. The predicted octanol–water partition coefficient (Wildman–Crippen LogP) is 1.17. The molecule has 1 aromatic carbocycles. The van der Waals surface area contributed by atoms with Crippen LogP contribution in [0.1, 0.15) is 12.0 Å². The third-order valence-electron chi connectivity index (χ3n) is 2.75. The first-order valence-electron chi connectivity index (χ1n) is 5.49. The summed E-state index contributed by atoms with van der Waals surface area (Å²) in [5.41, 5.74) is 2.82. The smallest absolute Gasteiger partial charge is 0.0992 e. The average molecular weight is 217 g/mol. The fraction of sp³-hybridized carbons (Fsp3) is 0.417. The molecule has 16 heavy (non-hydrogen) atoms. The third kappa shape index (κ3) is 2.10. The van der Waals surface area contributed by atoms with Crippen LogP contribution in [0.2, 0.25) is 0 Å². The number of aliphatic hydroxyl groups excluding tert-OH is 1. The molecule has 0 unspecified atom stereocenters. The zero-order valence-electron chi connectivity index (χ0n) is 9.11. The summed E-state index contributed by atoms with van der Waals surface area (Å²) >= 11 is 0. The first-order valence-corrected chi connectivity index (χ1v) is 5.49. The van der Waals surface area contributed by atoms with Crippen molar-refractivity contribution >= 4 is 11.4 Å². The molecule has 0 atom stereocenters. The first-order chi connectivity index (χ1) is 7.85. The van der Waals surface area contributed by atoms with E-state index in [2.05, 4.69) is 16.3 Å². The van der Waals surface area contributed by atoms with Crippen LogP contribution < -0.4 is 10.2 Å². The molecule has 1 heterocycles. The van der Waals surface area contributed by atoms with Gasteiger partial charge >= 0.3 is 0 Å². The second-order valence-corrected chi connectivity index (χ2v) is 3.83. The van der Waals surface area contributed by atoms with Gasteiger partial charge in [0.15, 0.2) is 0 Å². The van der Waals surface area contributed by atoms with E-state index in [1.807, 2.05) is 18.2 Å². The first kappa shape index (κ1) is 10.8. The number of rotatable bonds is 3. The molecule has 1 aromatic rings. The number of hydrogen-bond donors (Lipinski definition) is 2. The Morgan fingerprint density at radius 3 is 3.12 bits per heavy atom. The van der Waals surface area contributed by atoms with Crippen molar-refractivity contribution < 1.29 is 5.11 Å². The van der Waals surface area contributed by atoms with Crippen LogP contribution in [-0.4, -0.2) is 31.3 Å².